The van der Waals surface area contributed by atoms with Crippen molar-refractivity contribution in [1.82, 2.24) is 0 Å². The van der Waals surface area contributed by atoms with Crippen molar-refractivity contribution in [3.8, 4) is 5.75 Å². The number of hydrogen-bond donors (Lipinski definition) is 0. The van der Waals surface area contributed by atoms with Crippen molar-refractivity contribution in [1.29, 1.82) is 0 Å². The number of alkyl halides is 3. The number of aryl methyl sites for hydroxylation is 1. The molecule has 0 bridgehead atoms. The molecule has 0 spiro atoms. The zero-order valence-electron chi connectivity index (χ0n) is 18.4. The molecule has 0 saturated carbocycles. The second-order valence-corrected chi connectivity index (χ2v) is 9.53. The summed E-state index contributed by atoms with van der Waals surface area (Å²) in [6.07, 6.45) is -1.52. The van der Waals surface area contributed by atoms with Gasteiger partial charge in [-0.2, -0.15) is 21.6 Å². The van der Waals surface area contributed by atoms with E-state index in [1.54, 1.807) is 20.8 Å². The van der Waals surface area contributed by atoms with Gasteiger partial charge in [0.1, 0.15) is 5.82 Å². The summed E-state index contributed by atoms with van der Waals surface area (Å²) in [5.74, 6) is -3.11. The number of hydrogen-bond acceptors (Lipinski definition) is 7. The van der Waals surface area contributed by atoms with E-state index in [2.05, 4.69) is 4.18 Å². The Morgan fingerprint density at radius 3 is 2.24 bits per heavy atom. The molecule has 0 fully saturated rings. The Morgan fingerprint density at radius 1 is 1.15 bits per heavy atom. The molecule has 2 rings (SSSR count). The Labute approximate surface area is 187 Å². The summed E-state index contributed by atoms with van der Waals surface area (Å²) in [6, 6.07) is 3.01. The zero-order chi connectivity index (χ0) is 25.4. The van der Waals surface area contributed by atoms with E-state index in [0.29, 0.717) is 6.07 Å². The first-order valence-corrected chi connectivity index (χ1v) is 11.0. The molecule has 0 N–H and O–H groups in total. The van der Waals surface area contributed by atoms with Crippen molar-refractivity contribution in [2.24, 2.45) is 0 Å². The SMILES string of the molecule is CCOC(=O)C(OC(C)(C)C)c1c(C)cc2cc(C=O)c(F)cc2c1OS(=O)(=O)C(F)(F)F. The minimum atomic E-state index is -6.22. The number of ether oxygens (including phenoxy) is 2. The van der Waals surface area contributed by atoms with Gasteiger partial charge >= 0.3 is 21.6 Å². The number of carbonyl (C=O) groups is 2. The highest BCUT2D eigenvalue weighted by Gasteiger charge is 2.49. The van der Waals surface area contributed by atoms with E-state index in [1.807, 2.05) is 0 Å². The summed E-state index contributed by atoms with van der Waals surface area (Å²) in [5.41, 5.74) is -7.56. The van der Waals surface area contributed by atoms with E-state index in [4.69, 9.17) is 9.47 Å². The van der Waals surface area contributed by atoms with Gasteiger partial charge in [-0.25, -0.2) is 9.18 Å². The lowest BCUT2D eigenvalue weighted by molar-refractivity contribution is -0.167. The van der Waals surface area contributed by atoms with E-state index < -0.39 is 55.8 Å². The predicted molar refractivity (Wildman–Crippen MR) is 110 cm³/mol. The maximum Gasteiger partial charge on any atom is 0.534 e. The number of halogens is 4. The number of rotatable bonds is 7. The summed E-state index contributed by atoms with van der Waals surface area (Å²) in [4.78, 5) is 23.8. The molecule has 1 atom stereocenters. The Bertz CT molecular complexity index is 1180. The van der Waals surface area contributed by atoms with Crippen molar-refractivity contribution in [3.63, 3.8) is 0 Å². The summed E-state index contributed by atoms with van der Waals surface area (Å²) in [7, 11) is -6.22. The topological polar surface area (TPSA) is 96.0 Å². The maximum absolute atomic E-state index is 14.4. The van der Waals surface area contributed by atoms with Gasteiger partial charge in [0.15, 0.2) is 18.1 Å². The zero-order valence-corrected chi connectivity index (χ0v) is 19.2. The molecule has 1 unspecified atom stereocenters. The lowest BCUT2D eigenvalue weighted by atomic mass is 9.94. The molecule has 0 radical (unpaired) electrons. The molecule has 2 aromatic carbocycles. The van der Waals surface area contributed by atoms with Gasteiger partial charge in [-0.05, 0) is 57.7 Å². The second-order valence-electron chi connectivity index (χ2n) is 7.99. The molecule has 33 heavy (non-hydrogen) atoms. The fourth-order valence-corrected chi connectivity index (χ4v) is 3.51. The van der Waals surface area contributed by atoms with Gasteiger partial charge in [0.05, 0.1) is 17.8 Å². The molecule has 0 heterocycles. The van der Waals surface area contributed by atoms with Crippen molar-refractivity contribution >= 4 is 33.1 Å². The smallest absolute Gasteiger partial charge is 0.464 e. The largest absolute Gasteiger partial charge is 0.534 e. The van der Waals surface area contributed by atoms with Crippen molar-refractivity contribution in [3.05, 3.63) is 40.7 Å². The summed E-state index contributed by atoms with van der Waals surface area (Å²) >= 11 is 0. The standard InChI is InChI=1S/C21H22F4O7S/c1-6-30-19(27)18(31-20(3,4)5)16-11(2)7-12-8-13(10-26)15(22)9-14(12)17(16)32-33(28,29)21(23,24)25/h7-10,18H,6H2,1-5H3. The first kappa shape index (κ1) is 26.5. The highest BCUT2D eigenvalue weighted by Crippen LogP contribution is 2.42. The van der Waals surface area contributed by atoms with Gasteiger partial charge in [-0.3, -0.25) is 4.79 Å². The molecule has 2 aromatic rings. The number of benzene rings is 2. The summed E-state index contributed by atoms with van der Waals surface area (Å²) < 4.78 is 92.7. The van der Waals surface area contributed by atoms with Crippen LogP contribution in [0.25, 0.3) is 10.8 Å². The van der Waals surface area contributed by atoms with Crippen LogP contribution in [-0.4, -0.2) is 38.4 Å². The summed E-state index contributed by atoms with van der Waals surface area (Å²) in [6.45, 7) is 7.41. The fourth-order valence-electron chi connectivity index (χ4n) is 3.02. The van der Waals surface area contributed by atoms with Crippen LogP contribution in [0.3, 0.4) is 0 Å². The summed E-state index contributed by atoms with van der Waals surface area (Å²) in [5, 5.41) is -0.413. The van der Waals surface area contributed by atoms with Gasteiger partial charge in [0.25, 0.3) is 0 Å². The molecule has 0 aliphatic rings. The Morgan fingerprint density at radius 2 is 1.76 bits per heavy atom. The number of esters is 1. The van der Waals surface area contributed by atoms with Gasteiger partial charge in [0, 0.05) is 10.9 Å². The quantitative estimate of drug-likeness (QED) is 0.180. The van der Waals surface area contributed by atoms with Crippen molar-refractivity contribution in [2.75, 3.05) is 6.61 Å². The van der Waals surface area contributed by atoms with E-state index in [0.717, 1.165) is 6.07 Å². The van der Waals surface area contributed by atoms with E-state index in [1.165, 1.54) is 19.9 Å². The highest BCUT2D eigenvalue weighted by atomic mass is 32.2. The van der Waals surface area contributed by atoms with E-state index in [9.17, 15) is 35.6 Å². The predicted octanol–water partition coefficient (Wildman–Crippen LogP) is 4.75. The van der Waals surface area contributed by atoms with E-state index in [-0.39, 0.29) is 29.4 Å². The molecule has 0 amide bonds. The van der Waals surface area contributed by atoms with Crippen LogP contribution in [0.2, 0.25) is 0 Å². The molecule has 7 nitrogen and oxygen atoms in total. The van der Waals surface area contributed by atoms with Gasteiger partial charge in [0.2, 0.25) is 0 Å². The number of fused-ring (bicyclic) bond motifs is 1. The van der Waals surface area contributed by atoms with E-state index >= 15 is 0 Å². The van der Waals surface area contributed by atoms with Crippen LogP contribution in [0.15, 0.2) is 18.2 Å². The van der Waals surface area contributed by atoms with Crippen LogP contribution < -0.4 is 4.18 Å². The number of carbonyl (C=O) groups excluding carboxylic acids is 2. The average molecular weight is 494 g/mol. The van der Waals surface area contributed by atoms with Crippen LogP contribution in [0.1, 0.15) is 55.3 Å². The third-order valence-electron chi connectivity index (χ3n) is 4.29. The second kappa shape index (κ2) is 9.26. The number of aldehydes is 1. The monoisotopic (exact) mass is 494 g/mol. The molecule has 0 aliphatic heterocycles. The van der Waals surface area contributed by atoms with Crippen molar-refractivity contribution in [2.45, 2.75) is 51.8 Å². The average Bonchev–Trinajstić information content (AvgIpc) is 2.65. The first-order chi connectivity index (χ1) is 15.0. The Kier molecular flexibility index (Phi) is 7.44. The van der Waals surface area contributed by atoms with Crippen LogP contribution in [0.5, 0.6) is 5.75 Å². The first-order valence-electron chi connectivity index (χ1n) is 9.59. The molecular weight excluding hydrogens is 472 g/mol. The van der Waals surface area contributed by atoms with Crippen molar-refractivity contribution < 1.29 is 49.2 Å². The van der Waals surface area contributed by atoms with Crippen LogP contribution >= 0.6 is 0 Å². The van der Waals surface area contributed by atoms with Gasteiger partial charge < -0.3 is 13.7 Å². The lowest BCUT2D eigenvalue weighted by Crippen LogP contribution is -2.31. The minimum Gasteiger partial charge on any atom is -0.464 e. The molecule has 0 aromatic heterocycles. The normalized spacial score (nSPS) is 13.6. The third-order valence-corrected chi connectivity index (χ3v) is 5.25. The molecule has 182 valence electrons. The maximum atomic E-state index is 14.4. The van der Waals surface area contributed by atoms with Crippen LogP contribution in [0, 0.1) is 12.7 Å². The van der Waals surface area contributed by atoms with Gasteiger partial charge in [-0.1, -0.05) is 6.07 Å². The van der Waals surface area contributed by atoms with Crippen LogP contribution in [0.4, 0.5) is 17.6 Å². The lowest BCUT2D eigenvalue weighted by Gasteiger charge is -2.29. The van der Waals surface area contributed by atoms with Gasteiger partial charge in [-0.15, -0.1) is 0 Å². The van der Waals surface area contributed by atoms with Crippen LogP contribution in [-0.2, 0) is 24.4 Å². The Balaban J connectivity index is 2.98. The minimum absolute atomic E-state index is 0.00509. The fraction of sp³-hybridized carbons (Fsp3) is 0.429. The molecular formula is C21H22F4O7S. The highest BCUT2D eigenvalue weighted by molar-refractivity contribution is 7.88. The molecule has 0 saturated heterocycles. The third kappa shape index (κ3) is 5.80. The molecule has 12 heteroatoms. The Hall–Kier alpha value is -2.73. The molecule has 0 aliphatic carbocycles.